The summed E-state index contributed by atoms with van der Waals surface area (Å²) < 4.78 is 2.64. The second-order valence-electron chi connectivity index (χ2n) is 4.01. The van der Waals surface area contributed by atoms with Crippen LogP contribution in [0.1, 0.15) is 16.8 Å². The minimum absolute atomic E-state index is 0.624. The van der Waals surface area contributed by atoms with E-state index in [2.05, 4.69) is 32.4 Å². The zero-order chi connectivity index (χ0) is 13.1. The van der Waals surface area contributed by atoms with Gasteiger partial charge in [-0.1, -0.05) is 6.07 Å². The summed E-state index contributed by atoms with van der Waals surface area (Å²) in [7, 11) is 1.92. The highest BCUT2D eigenvalue weighted by molar-refractivity contribution is 9.10. The van der Waals surface area contributed by atoms with Crippen molar-refractivity contribution >= 4 is 21.6 Å². The molecule has 1 N–H and O–H groups in total. The summed E-state index contributed by atoms with van der Waals surface area (Å²) in [6, 6.07) is 7.85. The third-order valence-electron chi connectivity index (χ3n) is 2.93. The number of hydrogen-bond donors (Lipinski definition) is 1. The van der Waals surface area contributed by atoms with Crippen molar-refractivity contribution in [2.75, 3.05) is 5.32 Å². The zero-order valence-electron chi connectivity index (χ0n) is 10.2. The van der Waals surface area contributed by atoms with Crippen molar-refractivity contribution < 1.29 is 0 Å². The number of benzene rings is 1. The van der Waals surface area contributed by atoms with Crippen LogP contribution >= 0.6 is 15.9 Å². The maximum atomic E-state index is 9.12. The van der Waals surface area contributed by atoms with Crippen LogP contribution in [-0.2, 0) is 13.6 Å². The summed E-state index contributed by atoms with van der Waals surface area (Å²) in [5, 5.41) is 16.6. The Kier molecular flexibility index (Phi) is 3.68. The molecule has 0 amide bonds. The van der Waals surface area contributed by atoms with Gasteiger partial charge in [0.25, 0.3) is 0 Å². The van der Waals surface area contributed by atoms with E-state index in [-0.39, 0.29) is 0 Å². The van der Waals surface area contributed by atoms with E-state index in [0.29, 0.717) is 12.1 Å². The monoisotopic (exact) mass is 304 g/mol. The van der Waals surface area contributed by atoms with Gasteiger partial charge >= 0.3 is 0 Å². The number of nitrogens with one attached hydrogen (secondary N) is 1. The van der Waals surface area contributed by atoms with Gasteiger partial charge in [-0.3, -0.25) is 4.68 Å². The minimum atomic E-state index is 0.624. The average molecular weight is 305 g/mol. The average Bonchev–Trinajstić information content (AvgIpc) is 2.68. The summed E-state index contributed by atoms with van der Waals surface area (Å²) in [5.41, 5.74) is 3.70. The Bertz CT molecular complexity index is 610. The van der Waals surface area contributed by atoms with Crippen molar-refractivity contribution in [1.82, 2.24) is 9.78 Å². The Morgan fingerprint density at radius 1 is 1.50 bits per heavy atom. The smallest absolute Gasteiger partial charge is 0.103 e. The SMILES string of the molecule is Cc1c(CNc2cccc(Br)c2C#N)cnn1C. The van der Waals surface area contributed by atoms with Crippen LogP contribution in [0.15, 0.2) is 28.9 Å². The fourth-order valence-electron chi connectivity index (χ4n) is 1.69. The summed E-state index contributed by atoms with van der Waals surface area (Å²) in [6.07, 6.45) is 1.84. The highest BCUT2D eigenvalue weighted by Gasteiger charge is 2.07. The lowest BCUT2D eigenvalue weighted by molar-refractivity contribution is 0.738. The summed E-state index contributed by atoms with van der Waals surface area (Å²) >= 11 is 3.37. The third-order valence-corrected chi connectivity index (χ3v) is 3.59. The van der Waals surface area contributed by atoms with E-state index < -0.39 is 0 Å². The quantitative estimate of drug-likeness (QED) is 0.948. The van der Waals surface area contributed by atoms with E-state index in [1.54, 1.807) is 0 Å². The van der Waals surface area contributed by atoms with Crippen LogP contribution in [0.4, 0.5) is 5.69 Å². The largest absolute Gasteiger partial charge is 0.380 e. The van der Waals surface area contributed by atoms with E-state index in [4.69, 9.17) is 5.26 Å². The van der Waals surface area contributed by atoms with Crippen LogP contribution in [0.5, 0.6) is 0 Å². The van der Waals surface area contributed by atoms with Crippen LogP contribution in [0.3, 0.4) is 0 Å². The number of anilines is 1. The second kappa shape index (κ2) is 5.23. The summed E-state index contributed by atoms with van der Waals surface area (Å²) in [5.74, 6) is 0. The standard InChI is InChI=1S/C13H13BrN4/c1-9-10(8-17-18(9)2)7-16-13-5-3-4-12(14)11(13)6-15/h3-5,8,16H,7H2,1-2H3. The molecule has 0 atom stereocenters. The van der Waals surface area contributed by atoms with Gasteiger partial charge in [-0.25, -0.2) is 0 Å². The third kappa shape index (κ3) is 2.39. The molecule has 0 aliphatic rings. The van der Waals surface area contributed by atoms with Gasteiger partial charge in [0.05, 0.1) is 17.4 Å². The van der Waals surface area contributed by atoms with Crippen molar-refractivity contribution in [2.45, 2.75) is 13.5 Å². The number of nitriles is 1. The van der Waals surface area contributed by atoms with Gasteiger partial charge in [-0.2, -0.15) is 10.4 Å². The van der Waals surface area contributed by atoms with Crippen molar-refractivity contribution in [3.05, 3.63) is 45.7 Å². The van der Waals surface area contributed by atoms with Crippen LogP contribution in [0, 0.1) is 18.3 Å². The summed E-state index contributed by atoms with van der Waals surface area (Å²) in [4.78, 5) is 0. The predicted molar refractivity (Wildman–Crippen MR) is 74.1 cm³/mol. The topological polar surface area (TPSA) is 53.6 Å². The molecule has 1 aromatic carbocycles. The number of nitrogens with zero attached hydrogens (tertiary/aromatic N) is 3. The van der Waals surface area contributed by atoms with Gasteiger partial charge in [0, 0.05) is 29.3 Å². The lowest BCUT2D eigenvalue weighted by atomic mass is 10.2. The van der Waals surface area contributed by atoms with Crippen LogP contribution in [0.2, 0.25) is 0 Å². The number of aromatic nitrogens is 2. The van der Waals surface area contributed by atoms with E-state index >= 15 is 0 Å². The van der Waals surface area contributed by atoms with E-state index in [1.165, 1.54) is 0 Å². The molecule has 0 spiro atoms. The number of rotatable bonds is 3. The van der Waals surface area contributed by atoms with Gasteiger partial charge in [-0.15, -0.1) is 0 Å². The highest BCUT2D eigenvalue weighted by atomic mass is 79.9. The van der Waals surface area contributed by atoms with Crippen molar-refractivity contribution in [3.8, 4) is 6.07 Å². The number of hydrogen-bond acceptors (Lipinski definition) is 3. The van der Waals surface area contributed by atoms with Crippen LogP contribution in [0.25, 0.3) is 0 Å². The van der Waals surface area contributed by atoms with Crippen molar-refractivity contribution in [3.63, 3.8) is 0 Å². The van der Waals surface area contributed by atoms with E-state index in [1.807, 2.05) is 43.0 Å². The molecule has 5 heteroatoms. The molecule has 4 nitrogen and oxygen atoms in total. The van der Waals surface area contributed by atoms with Gasteiger partial charge in [0.15, 0.2) is 0 Å². The normalized spacial score (nSPS) is 10.1. The maximum Gasteiger partial charge on any atom is 0.103 e. The van der Waals surface area contributed by atoms with Gasteiger partial charge in [-0.05, 0) is 35.0 Å². The molecule has 0 aliphatic carbocycles. The van der Waals surface area contributed by atoms with Crippen LogP contribution in [-0.4, -0.2) is 9.78 Å². The molecule has 2 aromatic rings. The Balaban J connectivity index is 2.19. The fourth-order valence-corrected chi connectivity index (χ4v) is 2.15. The molecule has 1 heterocycles. The molecule has 0 saturated carbocycles. The molecule has 92 valence electrons. The number of halogens is 1. The molecule has 0 bridgehead atoms. The minimum Gasteiger partial charge on any atom is -0.380 e. The fraction of sp³-hybridized carbons (Fsp3) is 0.231. The zero-order valence-corrected chi connectivity index (χ0v) is 11.8. The van der Waals surface area contributed by atoms with Crippen molar-refractivity contribution in [1.29, 1.82) is 5.26 Å². The molecular formula is C13H13BrN4. The molecular weight excluding hydrogens is 292 g/mol. The van der Waals surface area contributed by atoms with Crippen LogP contribution < -0.4 is 5.32 Å². The predicted octanol–water partition coefficient (Wildman–Crippen LogP) is 2.97. The molecule has 0 unspecified atom stereocenters. The first-order valence-electron chi connectivity index (χ1n) is 5.53. The molecule has 0 aliphatic heterocycles. The lowest BCUT2D eigenvalue weighted by Crippen LogP contribution is -2.03. The lowest BCUT2D eigenvalue weighted by Gasteiger charge is -2.08. The molecule has 0 saturated heterocycles. The van der Waals surface area contributed by atoms with Gasteiger partial charge in [0.2, 0.25) is 0 Å². The Morgan fingerprint density at radius 2 is 2.28 bits per heavy atom. The summed E-state index contributed by atoms with van der Waals surface area (Å²) in [6.45, 7) is 2.68. The Morgan fingerprint density at radius 3 is 2.89 bits per heavy atom. The molecule has 18 heavy (non-hydrogen) atoms. The second-order valence-corrected chi connectivity index (χ2v) is 4.86. The first-order valence-corrected chi connectivity index (χ1v) is 6.32. The first kappa shape index (κ1) is 12.7. The molecule has 1 aromatic heterocycles. The van der Waals surface area contributed by atoms with Gasteiger partial charge < -0.3 is 5.32 Å². The number of aryl methyl sites for hydroxylation is 1. The Labute approximate surface area is 114 Å². The van der Waals surface area contributed by atoms with Crippen molar-refractivity contribution in [2.24, 2.45) is 7.05 Å². The molecule has 2 rings (SSSR count). The molecule has 0 fully saturated rings. The Hall–Kier alpha value is -1.80. The van der Waals surface area contributed by atoms with E-state index in [0.717, 1.165) is 21.4 Å². The maximum absolute atomic E-state index is 9.12. The van der Waals surface area contributed by atoms with E-state index in [9.17, 15) is 0 Å². The first-order chi connectivity index (χ1) is 8.63. The molecule has 0 radical (unpaired) electrons. The highest BCUT2D eigenvalue weighted by Crippen LogP contribution is 2.24. The van der Waals surface area contributed by atoms with Gasteiger partial charge in [0.1, 0.15) is 6.07 Å².